The second-order valence-electron chi connectivity index (χ2n) is 7.33. The highest BCUT2D eigenvalue weighted by atomic mass is 35.5. The lowest BCUT2D eigenvalue weighted by atomic mass is 10.1. The third kappa shape index (κ3) is 3.82. The smallest absolute Gasteiger partial charge is 0.251 e. The highest BCUT2D eigenvalue weighted by Crippen LogP contribution is 2.33. The lowest BCUT2D eigenvalue weighted by Gasteiger charge is -2.38. The van der Waals surface area contributed by atoms with Crippen molar-refractivity contribution in [2.24, 2.45) is 0 Å². The van der Waals surface area contributed by atoms with E-state index in [0.717, 1.165) is 24.5 Å². The van der Waals surface area contributed by atoms with Gasteiger partial charge in [-0.15, -0.1) is 0 Å². The zero-order valence-corrected chi connectivity index (χ0v) is 17.8. The Morgan fingerprint density at radius 2 is 1.57 bits per heavy atom. The average molecular weight is 430 g/mol. The van der Waals surface area contributed by atoms with Gasteiger partial charge in [0.1, 0.15) is 11.5 Å². The first-order chi connectivity index (χ1) is 14.5. The Morgan fingerprint density at radius 3 is 2.17 bits per heavy atom. The van der Waals surface area contributed by atoms with Crippen molar-refractivity contribution >= 4 is 34.8 Å². The maximum atomic E-state index is 13.1. The van der Waals surface area contributed by atoms with Crippen LogP contribution in [-0.4, -0.2) is 63.2 Å². The summed E-state index contributed by atoms with van der Waals surface area (Å²) in [6, 6.07) is 12.5. The Hall–Kier alpha value is -2.77. The van der Waals surface area contributed by atoms with Gasteiger partial charge in [0, 0.05) is 31.9 Å². The molecule has 8 heteroatoms. The number of halogens is 1. The lowest BCUT2D eigenvalue weighted by Crippen LogP contribution is -2.52. The van der Waals surface area contributed by atoms with Gasteiger partial charge in [-0.05, 0) is 42.5 Å². The highest BCUT2D eigenvalue weighted by Gasteiger charge is 2.43. The van der Waals surface area contributed by atoms with Gasteiger partial charge >= 0.3 is 0 Å². The summed E-state index contributed by atoms with van der Waals surface area (Å²) in [4.78, 5) is 31.3. The average Bonchev–Trinajstić information content (AvgIpc) is 3.07. The number of piperazine rings is 1. The van der Waals surface area contributed by atoms with E-state index in [9.17, 15) is 9.59 Å². The van der Waals surface area contributed by atoms with Gasteiger partial charge in [-0.1, -0.05) is 11.6 Å². The number of benzene rings is 2. The molecule has 1 unspecified atom stereocenters. The Bertz CT molecular complexity index is 942. The summed E-state index contributed by atoms with van der Waals surface area (Å²) in [5.41, 5.74) is 1.61. The van der Waals surface area contributed by atoms with Crippen molar-refractivity contribution in [1.29, 1.82) is 0 Å². The molecule has 2 saturated heterocycles. The van der Waals surface area contributed by atoms with E-state index in [-0.39, 0.29) is 18.2 Å². The molecule has 7 nitrogen and oxygen atoms in total. The fourth-order valence-electron chi connectivity index (χ4n) is 4.05. The predicted octanol–water partition coefficient (Wildman–Crippen LogP) is 2.81. The molecule has 2 aliphatic heterocycles. The number of hydrogen-bond acceptors (Lipinski definition) is 6. The zero-order chi connectivity index (χ0) is 21.3. The topological polar surface area (TPSA) is 62.3 Å². The van der Waals surface area contributed by atoms with E-state index < -0.39 is 6.04 Å². The van der Waals surface area contributed by atoms with Crippen molar-refractivity contribution in [3.05, 3.63) is 47.5 Å². The Morgan fingerprint density at radius 1 is 0.900 bits per heavy atom. The molecular formula is C22H24ClN3O4. The number of imide groups is 1. The molecule has 0 spiro atoms. The molecule has 0 aliphatic carbocycles. The molecule has 0 radical (unpaired) electrons. The van der Waals surface area contributed by atoms with E-state index in [1.54, 1.807) is 25.3 Å². The Labute approximate surface area is 180 Å². The molecule has 0 bridgehead atoms. The van der Waals surface area contributed by atoms with Crippen LogP contribution in [0.5, 0.6) is 11.5 Å². The standard InChI is InChI=1S/C22H24ClN3O4/c1-29-17-6-3-15(4-7-17)24-9-11-25(12-10-24)19-14-21(27)26(22(19)28)16-5-8-20(30-2)18(23)13-16/h3-8,13,19H,9-12,14H2,1-2H3. The molecule has 158 valence electrons. The third-order valence-corrected chi connectivity index (χ3v) is 6.00. The number of carbonyl (C=O) groups is 2. The van der Waals surface area contributed by atoms with Crippen molar-refractivity contribution < 1.29 is 19.1 Å². The molecule has 4 rings (SSSR count). The minimum atomic E-state index is -0.434. The van der Waals surface area contributed by atoms with Crippen LogP contribution in [0.4, 0.5) is 11.4 Å². The van der Waals surface area contributed by atoms with E-state index in [2.05, 4.69) is 9.80 Å². The number of rotatable bonds is 5. The molecule has 2 aromatic rings. The fourth-order valence-corrected chi connectivity index (χ4v) is 4.30. The van der Waals surface area contributed by atoms with Gasteiger partial charge in [-0.2, -0.15) is 0 Å². The molecule has 2 aromatic carbocycles. The summed E-state index contributed by atoms with van der Waals surface area (Å²) in [5, 5.41) is 0.368. The van der Waals surface area contributed by atoms with Crippen LogP contribution in [0, 0.1) is 0 Å². The minimum Gasteiger partial charge on any atom is -0.497 e. The number of nitrogens with zero attached hydrogens (tertiary/aromatic N) is 3. The van der Waals surface area contributed by atoms with Crippen LogP contribution in [0.3, 0.4) is 0 Å². The summed E-state index contributed by atoms with van der Waals surface area (Å²) in [5.74, 6) is 0.930. The van der Waals surface area contributed by atoms with Crippen LogP contribution in [0.2, 0.25) is 5.02 Å². The van der Waals surface area contributed by atoms with E-state index in [4.69, 9.17) is 21.1 Å². The molecule has 1 atom stereocenters. The van der Waals surface area contributed by atoms with Gasteiger partial charge in [0.05, 0.1) is 37.4 Å². The van der Waals surface area contributed by atoms with Gasteiger partial charge in [0.15, 0.2) is 0 Å². The first-order valence-corrected chi connectivity index (χ1v) is 10.2. The predicted molar refractivity (Wildman–Crippen MR) is 116 cm³/mol. The normalized spacial score (nSPS) is 20.0. The maximum Gasteiger partial charge on any atom is 0.251 e. The van der Waals surface area contributed by atoms with Crippen molar-refractivity contribution in [3.63, 3.8) is 0 Å². The first-order valence-electron chi connectivity index (χ1n) is 9.85. The van der Waals surface area contributed by atoms with Gasteiger partial charge in [0.25, 0.3) is 5.91 Å². The fraction of sp³-hybridized carbons (Fsp3) is 0.364. The summed E-state index contributed by atoms with van der Waals surface area (Å²) >= 11 is 6.18. The molecule has 0 N–H and O–H groups in total. The van der Waals surface area contributed by atoms with E-state index in [0.29, 0.717) is 29.5 Å². The summed E-state index contributed by atoms with van der Waals surface area (Å²) < 4.78 is 10.4. The van der Waals surface area contributed by atoms with E-state index in [1.165, 1.54) is 12.0 Å². The molecule has 2 heterocycles. The van der Waals surface area contributed by atoms with Crippen LogP contribution < -0.4 is 19.3 Å². The number of ether oxygens (including phenoxy) is 2. The lowest BCUT2D eigenvalue weighted by molar-refractivity contribution is -0.123. The Balaban J connectivity index is 1.42. The van der Waals surface area contributed by atoms with Crippen molar-refractivity contribution in [3.8, 4) is 11.5 Å². The van der Waals surface area contributed by atoms with Crippen molar-refractivity contribution in [2.45, 2.75) is 12.5 Å². The maximum absolute atomic E-state index is 13.1. The van der Waals surface area contributed by atoms with Gasteiger partial charge in [0.2, 0.25) is 5.91 Å². The minimum absolute atomic E-state index is 0.186. The number of hydrogen-bond donors (Lipinski definition) is 0. The third-order valence-electron chi connectivity index (χ3n) is 5.71. The van der Waals surface area contributed by atoms with E-state index in [1.807, 2.05) is 24.3 Å². The summed E-state index contributed by atoms with van der Waals surface area (Å²) in [6.07, 6.45) is 0.186. The first kappa shape index (κ1) is 20.5. The quantitative estimate of drug-likeness (QED) is 0.681. The van der Waals surface area contributed by atoms with Crippen LogP contribution in [0.25, 0.3) is 0 Å². The number of anilines is 2. The molecule has 2 fully saturated rings. The van der Waals surface area contributed by atoms with Gasteiger partial charge in [-0.3, -0.25) is 14.5 Å². The second-order valence-corrected chi connectivity index (χ2v) is 7.73. The molecule has 0 aromatic heterocycles. The number of methoxy groups -OCH3 is 2. The molecule has 0 saturated carbocycles. The molecule has 30 heavy (non-hydrogen) atoms. The second kappa shape index (κ2) is 8.53. The van der Waals surface area contributed by atoms with E-state index >= 15 is 0 Å². The summed E-state index contributed by atoms with van der Waals surface area (Å²) in [7, 11) is 3.17. The Kier molecular flexibility index (Phi) is 5.83. The van der Waals surface area contributed by atoms with Crippen molar-refractivity contribution in [1.82, 2.24) is 4.90 Å². The largest absolute Gasteiger partial charge is 0.497 e. The molecular weight excluding hydrogens is 406 g/mol. The summed E-state index contributed by atoms with van der Waals surface area (Å²) in [6.45, 7) is 3.01. The van der Waals surface area contributed by atoms with Crippen LogP contribution in [-0.2, 0) is 9.59 Å². The van der Waals surface area contributed by atoms with Crippen molar-refractivity contribution in [2.75, 3.05) is 50.2 Å². The highest BCUT2D eigenvalue weighted by molar-refractivity contribution is 6.33. The van der Waals surface area contributed by atoms with Crippen LogP contribution in [0.1, 0.15) is 6.42 Å². The van der Waals surface area contributed by atoms with Crippen LogP contribution in [0.15, 0.2) is 42.5 Å². The monoisotopic (exact) mass is 429 g/mol. The van der Waals surface area contributed by atoms with Gasteiger partial charge in [-0.25, -0.2) is 4.90 Å². The molecule has 2 aliphatic rings. The van der Waals surface area contributed by atoms with Crippen LogP contribution >= 0.6 is 11.6 Å². The number of carbonyl (C=O) groups excluding carboxylic acids is 2. The van der Waals surface area contributed by atoms with Gasteiger partial charge < -0.3 is 14.4 Å². The number of amides is 2. The molecule has 2 amide bonds. The SMILES string of the molecule is COc1ccc(N2CCN(C3CC(=O)N(c4ccc(OC)c(Cl)c4)C3=O)CC2)cc1. The zero-order valence-electron chi connectivity index (χ0n) is 17.0.